The van der Waals surface area contributed by atoms with Gasteiger partial charge < -0.3 is 0 Å². The van der Waals surface area contributed by atoms with Crippen LogP contribution in [-0.4, -0.2) is 34.7 Å². The summed E-state index contributed by atoms with van der Waals surface area (Å²) in [5, 5.41) is 0. The van der Waals surface area contributed by atoms with Crippen molar-refractivity contribution >= 4 is 34.7 Å². The Morgan fingerprint density at radius 3 is 1.74 bits per heavy atom. The molecule has 162 valence electrons. The quantitative estimate of drug-likeness (QED) is 0.647. The summed E-state index contributed by atoms with van der Waals surface area (Å²) in [5.41, 5.74) is 1.48. The third-order valence-corrected chi connectivity index (χ3v) is 5.74. The summed E-state index contributed by atoms with van der Waals surface area (Å²) in [6.45, 7) is 0. The summed E-state index contributed by atoms with van der Waals surface area (Å²) < 4.78 is 0. The van der Waals surface area contributed by atoms with Crippen LogP contribution in [0.25, 0.3) is 0 Å². The highest BCUT2D eigenvalue weighted by Gasteiger charge is 2.34. The fourth-order valence-corrected chi connectivity index (χ4v) is 4.21. The van der Waals surface area contributed by atoms with Crippen LogP contribution in [0.15, 0.2) is 118 Å². The zero-order valence-corrected chi connectivity index (χ0v) is 17.5. The normalized spacial score (nSPS) is 19.8. The molecule has 4 aliphatic carbocycles. The third kappa shape index (κ3) is 3.47. The van der Waals surface area contributed by atoms with Crippen LogP contribution < -0.4 is 0 Å². The van der Waals surface area contributed by atoms with Crippen molar-refractivity contribution in [3.05, 3.63) is 130 Å². The number of hydrogen-bond donors (Lipinski definition) is 0. The average Bonchev–Trinajstić information content (AvgIpc) is 2.83. The molecule has 5 rings (SSSR count). The summed E-state index contributed by atoms with van der Waals surface area (Å²) in [7, 11) is 0. The number of allylic oxidation sites excluding steroid dienone is 16. The lowest BCUT2D eigenvalue weighted by molar-refractivity contribution is -0.114. The Balaban J connectivity index is 1.74. The standard InChI is InChI=1S/C28H14O6/c29-16-7-5-15(6-8-16)27-22(21-11-17(30)9-10-25(21)32)12-18(31)13-23(27)24-14-26(33)19-3-1-2-4-20(19)28(24)34/h1-14H. The highest BCUT2D eigenvalue weighted by Crippen LogP contribution is 2.40. The van der Waals surface area contributed by atoms with Gasteiger partial charge in [-0.3, -0.25) is 28.8 Å². The molecule has 0 atom stereocenters. The van der Waals surface area contributed by atoms with Gasteiger partial charge in [-0.25, -0.2) is 0 Å². The van der Waals surface area contributed by atoms with E-state index >= 15 is 0 Å². The lowest BCUT2D eigenvalue weighted by Gasteiger charge is -2.26. The van der Waals surface area contributed by atoms with Crippen molar-refractivity contribution < 1.29 is 28.8 Å². The van der Waals surface area contributed by atoms with Crippen LogP contribution in [0.3, 0.4) is 0 Å². The Bertz CT molecular complexity index is 1510. The molecule has 1 aromatic carbocycles. The number of benzene rings is 1. The smallest absolute Gasteiger partial charge is 0.194 e. The van der Waals surface area contributed by atoms with E-state index in [1.165, 1.54) is 48.6 Å². The topological polar surface area (TPSA) is 102 Å². The highest BCUT2D eigenvalue weighted by molar-refractivity contribution is 6.28. The predicted molar refractivity (Wildman–Crippen MR) is 122 cm³/mol. The molecule has 4 aliphatic rings. The molecule has 34 heavy (non-hydrogen) atoms. The van der Waals surface area contributed by atoms with Gasteiger partial charge in [0.1, 0.15) is 0 Å². The van der Waals surface area contributed by atoms with Crippen LogP contribution in [0.4, 0.5) is 0 Å². The molecule has 0 heterocycles. The predicted octanol–water partition coefficient (Wildman–Crippen LogP) is 3.05. The summed E-state index contributed by atoms with van der Waals surface area (Å²) in [4.78, 5) is 75.4. The summed E-state index contributed by atoms with van der Waals surface area (Å²) in [5.74, 6) is -2.52. The maximum absolute atomic E-state index is 13.4. The molecule has 0 amide bonds. The number of rotatable bonds is 2. The molecule has 0 unspecified atom stereocenters. The fraction of sp³-hybridized carbons (Fsp3) is 0. The van der Waals surface area contributed by atoms with Crippen LogP contribution in [0.1, 0.15) is 20.7 Å². The number of carbonyl (C=O) groups is 6. The summed E-state index contributed by atoms with van der Waals surface area (Å²) in [6.07, 6.45) is 12.6. The Hall–Kier alpha value is -4.84. The Labute approximate surface area is 193 Å². The first-order chi connectivity index (χ1) is 16.3. The molecular weight excluding hydrogens is 432 g/mol. The fourth-order valence-electron chi connectivity index (χ4n) is 4.21. The minimum absolute atomic E-state index is 0.00502. The number of ketones is 6. The highest BCUT2D eigenvalue weighted by atomic mass is 16.1. The van der Waals surface area contributed by atoms with Crippen molar-refractivity contribution in [2.24, 2.45) is 0 Å². The molecule has 0 aliphatic heterocycles. The molecule has 0 radical (unpaired) electrons. The van der Waals surface area contributed by atoms with Crippen LogP contribution in [0.2, 0.25) is 0 Å². The first-order valence-electron chi connectivity index (χ1n) is 10.3. The molecule has 6 nitrogen and oxygen atoms in total. The molecule has 0 saturated carbocycles. The van der Waals surface area contributed by atoms with E-state index in [0.29, 0.717) is 11.1 Å². The number of fused-ring (bicyclic) bond motifs is 1. The number of hydrogen-bond acceptors (Lipinski definition) is 6. The summed E-state index contributed by atoms with van der Waals surface area (Å²) in [6, 6.07) is 6.38. The van der Waals surface area contributed by atoms with Gasteiger partial charge in [-0.05, 0) is 70.9 Å². The molecule has 0 spiro atoms. The molecular formula is C28H14O6. The van der Waals surface area contributed by atoms with Gasteiger partial charge in [0.25, 0.3) is 0 Å². The zero-order chi connectivity index (χ0) is 24.0. The molecule has 0 saturated heterocycles. The van der Waals surface area contributed by atoms with Gasteiger partial charge in [0.15, 0.2) is 34.7 Å². The van der Waals surface area contributed by atoms with Crippen LogP contribution in [0.5, 0.6) is 0 Å². The van der Waals surface area contributed by atoms with E-state index in [1.54, 1.807) is 18.2 Å². The average molecular weight is 446 g/mol. The first-order valence-corrected chi connectivity index (χ1v) is 10.3. The molecule has 6 heteroatoms. The number of Topliss-reactive ketones (excluding diaryl/α,β-unsaturated/α-hetero) is 1. The van der Waals surface area contributed by atoms with Gasteiger partial charge in [0.05, 0.1) is 0 Å². The second kappa shape index (κ2) is 7.94. The summed E-state index contributed by atoms with van der Waals surface area (Å²) >= 11 is 0. The van der Waals surface area contributed by atoms with Gasteiger partial charge in [-0.15, -0.1) is 0 Å². The van der Waals surface area contributed by atoms with E-state index in [1.807, 2.05) is 0 Å². The van der Waals surface area contributed by atoms with Crippen molar-refractivity contribution in [3.8, 4) is 0 Å². The lowest BCUT2D eigenvalue weighted by atomic mass is 9.75. The second-order valence-corrected chi connectivity index (χ2v) is 7.87. The number of carbonyl (C=O) groups excluding carboxylic acids is 6. The van der Waals surface area contributed by atoms with Gasteiger partial charge in [-0.1, -0.05) is 36.4 Å². The van der Waals surface area contributed by atoms with E-state index in [2.05, 4.69) is 0 Å². The van der Waals surface area contributed by atoms with Crippen molar-refractivity contribution in [2.45, 2.75) is 0 Å². The maximum Gasteiger partial charge on any atom is 0.194 e. The van der Waals surface area contributed by atoms with Crippen molar-refractivity contribution in [1.82, 2.24) is 0 Å². The first kappa shape index (κ1) is 21.0. The van der Waals surface area contributed by atoms with E-state index in [0.717, 1.165) is 18.2 Å². The van der Waals surface area contributed by atoms with E-state index in [4.69, 9.17) is 0 Å². The van der Waals surface area contributed by atoms with Gasteiger partial charge in [0.2, 0.25) is 0 Å². The molecule has 0 bridgehead atoms. The lowest BCUT2D eigenvalue weighted by Crippen LogP contribution is -2.23. The van der Waals surface area contributed by atoms with Crippen LogP contribution >= 0.6 is 0 Å². The monoisotopic (exact) mass is 446 g/mol. The third-order valence-electron chi connectivity index (χ3n) is 5.74. The van der Waals surface area contributed by atoms with Crippen LogP contribution in [-0.2, 0) is 19.2 Å². The Kier molecular flexibility index (Phi) is 4.91. The van der Waals surface area contributed by atoms with E-state index < -0.39 is 28.9 Å². The van der Waals surface area contributed by atoms with E-state index in [9.17, 15) is 28.8 Å². The zero-order valence-electron chi connectivity index (χ0n) is 17.5. The van der Waals surface area contributed by atoms with Crippen LogP contribution in [0, 0.1) is 0 Å². The molecule has 1 aromatic rings. The SMILES string of the molecule is O=C1C=CC(=C2C(C3=CC(=O)C=CC3=O)=CC(=O)C=C2C2=CC(=O)c3ccccc3C2=O)C=C1. The van der Waals surface area contributed by atoms with E-state index in [-0.39, 0.29) is 39.2 Å². The maximum atomic E-state index is 13.4. The largest absolute Gasteiger partial charge is 0.290 e. The van der Waals surface area contributed by atoms with Crippen molar-refractivity contribution in [1.29, 1.82) is 0 Å². The Morgan fingerprint density at radius 2 is 1.03 bits per heavy atom. The minimum Gasteiger partial charge on any atom is -0.290 e. The van der Waals surface area contributed by atoms with Crippen molar-refractivity contribution in [2.75, 3.05) is 0 Å². The molecule has 0 N–H and O–H groups in total. The molecule has 0 fully saturated rings. The Morgan fingerprint density at radius 1 is 0.441 bits per heavy atom. The van der Waals surface area contributed by atoms with Gasteiger partial charge in [-0.2, -0.15) is 0 Å². The molecule has 0 aromatic heterocycles. The van der Waals surface area contributed by atoms with Crippen molar-refractivity contribution in [3.63, 3.8) is 0 Å². The second-order valence-electron chi connectivity index (χ2n) is 7.87. The minimum atomic E-state index is -0.509. The van der Waals surface area contributed by atoms with Gasteiger partial charge >= 0.3 is 0 Å². The van der Waals surface area contributed by atoms with Gasteiger partial charge in [0, 0.05) is 22.3 Å².